The van der Waals surface area contributed by atoms with E-state index in [1.165, 1.54) is 6.20 Å². The fraction of sp³-hybridized carbons (Fsp3) is 0. The quantitative estimate of drug-likeness (QED) is 0.555. The Morgan fingerprint density at radius 2 is 2.18 bits per heavy atom. The summed E-state index contributed by atoms with van der Waals surface area (Å²) < 4.78 is 13.8. The lowest BCUT2D eigenvalue weighted by molar-refractivity contribution is 0.583. The van der Waals surface area contributed by atoms with Gasteiger partial charge in [0.15, 0.2) is 0 Å². The average molecular weight is 167 g/mol. The van der Waals surface area contributed by atoms with Crippen LogP contribution in [0.5, 0.6) is 0 Å². The minimum absolute atomic E-state index is 0.495. The molecule has 4 nitrogen and oxygen atoms in total. The molecule has 2 heterocycles. The molecule has 0 fully saturated rings. The van der Waals surface area contributed by atoms with Crippen molar-refractivity contribution >= 4 is 17.4 Å². The molecule has 0 saturated heterocycles. The molecular weight excluding hydrogens is 162 g/mol. The summed E-state index contributed by atoms with van der Waals surface area (Å²) in [6.07, 6.45) is 6.44. The predicted octanol–water partition coefficient (Wildman–Crippen LogP) is 0.0731. The van der Waals surface area contributed by atoms with Crippen LogP contribution in [0.4, 0.5) is 0 Å². The molecule has 0 amide bonds. The van der Waals surface area contributed by atoms with Gasteiger partial charge in [-0.05, 0) is 6.08 Å². The number of nitrogens with one attached hydrogen (secondary N) is 1. The van der Waals surface area contributed by atoms with Crippen LogP contribution in [0.3, 0.4) is 0 Å². The Kier molecular flexibility index (Phi) is 1.52. The number of hydrogen-bond donors (Lipinski definition) is 1. The molecule has 1 aromatic heterocycles. The van der Waals surface area contributed by atoms with Crippen LogP contribution < -0.4 is 4.72 Å². The molecule has 56 valence electrons. The van der Waals surface area contributed by atoms with E-state index in [-0.39, 0.29) is 0 Å². The maximum absolute atomic E-state index is 11.1. The van der Waals surface area contributed by atoms with Gasteiger partial charge in [0, 0.05) is 12.4 Å². The van der Waals surface area contributed by atoms with Crippen molar-refractivity contribution in [1.29, 1.82) is 0 Å². The highest BCUT2D eigenvalue weighted by Crippen LogP contribution is 2.14. The van der Waals surface area contributed by atoms with Crippen LogP contribution in [0.1, 0.15) is 5.69 Å². The van der Waals surface area contributed by atoms with Crippen LogP contribution in [0.25, 0.3) is 6.08 Å². The first-order valence-electron chi connectivity index (χ1n) is 3.03. The summed E-state index contributed by atoms with van der Waals surface area (Å²) in [5.74, 6) is 0. The lowest BCUT2D eigenvalue weighted by atomic mass is 10.4. The second kappa shape index (κ2) is 2.52. The molecule has 0 saturated carbocycles. The number of hydrogen-bond acceptors (Lipinski definition) is 4. The Balaban J connectivity index is 2.54. The minimum atomic E-state index is -1.23. The number of nitrogens with zero attached hydrogens (tertiary/aromatic N) is 2. The van der Waals surface area contributed by atoms with Gasteiger partial charge in [-0.2, -0.15) is 0 Å². The van der Waals surface area contributed by atoms with Gasteiger partial charge < -0.3 is 4.55 Å². The first kappa shape index (κ1) is 6.63. The van der Waals surface area contributed by atoms with Gasteiger partial charge in [-0.15, -0.1) is 0 Å². The van der Waals surface area contributed by atoms with Crippen LogP contribution >= 0.6 is 0 Å². The third-order valence-corrected chi connectivity index (χ3v) is 2.30. The van der Waals surface area contributed by atoms with Crippen LogP contribution in [0, 0.1) is 0 Å². The van der Waals surface area contributed by atoms with Gasteiger partial charge in [0.25, 0.3) is 5.03 Å². The van der Waals surface area contributed by atoms with Gasteiger partial charge in [-0.25, -0.2) is 14.7 Å². The summed E-state index contributed by atoms with van der Waals surface area (Å²) in [5.41, 5.74) is 0.671. The fourth-order valence-electron chi connectivity index (χ4n) is 0.824. The highest BCUT2D eigenvalue weighted by molar-refractivity contribution is 7.89. The van der Waals surface area contributed by atoms with Crippen molar-refractivity contribution in [3.8, 4) is 0 Å². The third kappa shape index (κ3) is 1.08. The van der Waals surface area contributed by atoms with Crippen LogP contribution in [-0.2, 0) is 11.4 Å². The van der Waals surface area contributed by atoms with Crippen molar-refractivity contribution in [3.05, 3.63) is 24.3 Å². The Morgan fingerprint density at radius 3 is 3.00 bits per heavy atom. The minimum Gasteiger partial charge on any atom is -0.587 e. The molecule has 0 aromatic carbocycles. The lowest BCUT2D eigenvalue weighted by Crippen LogP contribution is -2.23. The van der Waals surface area contributed by atoms with E-state index < -0.39 is 11.4 Å². The lowest BCUT2D eigenvalue weighted by Gasteiger charge is -2.11. The van der Waals surface area contributed by atoms with Gasteiger partial charge in [-0.3, -0.25) is 0 Å². The molecule has 0 aliphatic carbocycles. The number of fused-ring (bicyclic) bond motifs is 1. The molecule has 11 heavy (non-hydrogen) atoms. The molecule has 1 N–H and O–H groups in total. The summed E-state index contributed by atoms with van der Waals surface area (Å²) in [4.78, 5) is 7.91. The first-order valence-corrected chi connectivity index (χ1v) is 4.18. The maximum atomic E-state index is 11.1. The molecule has 2 rings (SSSR count). The zero-order valence-electron chi connectivity index (χ0n) is 5.52. The van der Waals surface area contributed by atoms with Crippen molar-refractivity contribution in [3.63, 3.8) is 0 Å². The molecule has 1 aliphatic heterocycles. The zero-order chi connectivity index (χ0) is 7.68. The van der Waals surface area contributed by atoms with E-state index in [0.717, 1.165) is 0 Å². The van der Waals surface area contributed by atoms with E-state index in [0.29, 0.717) is 10.7 Å². The van der Waals surface area contributed by atoms with E-state index in [4.69, 9.17) is 0 Å². The average Bonchev–Trinajstić information content (AvgIpc) is 2.06. The summed E-state index contributed by atoms with van der Waals surface area (Å²) >= 11 is -1.23. The van der Waals surface area contributed by atoms with Crippen molar-refractivity contribution in [2.75, 3.05) is 0 Å². The van der Waals surface area contributed by atoms with Crippen molar-refractivity contribution in [2.45, 2.75) is 5.03 Å². The molecule has 0 bridgehead atoms. The molecule has 1 unspecified atom stereocenters. The Labute approximate surface area is 66.7 Å². The van der Waals surface area contributed by atoms with Gasteiger partial charge in [0.05, 0.1) is 6.20 Å². The maximum Gasteiger partial charge on any atom is 0.297 e. The fourth-order valence-corrected chi connectivity index (χ4v) is 1.59. The molecule has 0 spiro atoms. The largest absolute Gasteiger partial charge is 0.587 e. The number of rotatable bonds is 0. The molecule has 1 aliphatic rings. The van der Waals surface area contributed by atoms with E-state index in [9.17, 15) is 4.55 Å². The third-order valence-electron chi connectivity index (χ3n) is 1.28. The second-order valence-corrected chi connectivity index (χ2v) is 3.13. The second-order valence-electron chi connectivity index (χ2n) is 1.97. The summed E-state index contributed by atoms with van der Waals surface area (Å²) in [7, 11) is 0. The van der Waals surface area contributed by atoms with Crippen molar-refractivity contribution in [1.82, 2.24) is 14.7 Å². The van der Waals surface area contributed by atoms with Crippen LogP contribution in [0.2, 0.25) is 0 Å². The standard InChI is InChI=1S/C6H5N3OS/c10-11-6-5(1-2-9-11)7-3-4-8-6/h1-4,9H. The molecule has 0 radical (unpaired) electrons. The van der Waals surface area contributed by atoms with Gasteiger partial charge in [-0.1, -0.05) is 0 Å². The van der Waals surface area contributed by atoms with Gasteiger partial charge in [0.1, 0.15) is 17.1 Å². The van der Waals surface area contributed by atoms with Gasteiger partial charge in [0.2, 0.25) is 0 Å². The van der Waals surface area contributed by atoms with E-state index in [2.05, 4.69) is 14.7 Å². The Morgan fingerprint density at radius 1 is 1.36 bits per heavy atom. The first-order chi connectivity index (χ1) is 5.38. The molecule has 1 aromatic rings. The normalized spacial score (nSPS) is 20.6. The molecular formula is C6H5N3OS. The topological polar surface area (TPSA) is 60.9 Å². The van der Waals surface area contributed by atoms with Crippen molar-refractivity contribution < 1.29 is 4.55 Å². The van der Waals surface area contributed by atoms with E-state index in [1.54, 1.807) is 18.5 Å². The van der Waals surface area contributed by atoms with Crippen molar-refractivity contribution in [2.24, 2.45) is 0 Å². The van der Waals surface area contributed by atoms with E-state index >= 15 is 0 Å². The Bertz CT molecular complexity index is 302. The zero-order valence-corrected chi connectivity index (χ0v) is 6.34. The molecule has 1 atom stereocenters. The predicted molar refractivity (Wildman–Crippen MR) is 40.6 cm³/mol. The highest BCUT2D eigenvalue weighted by atomic mass is 32.2. The van der Waals surface area contributed by atoms with E-state index in [1.807, 2.05) is 0 Å². The SMILES string of the molecule is [O-][S+]1NC=Cc2nccnc21. The molecule has 5 heteroatoms. The smallest absolute Gasteiger partial charge is 0.297 e. The monoisotopic (exact) mass is 167 g/mol. The van der Waals surface area contributed by atoms with Gasteiger partial charge >= 0.3 is 0 Å². The summed E-state index contributed by atoms with van der Waals surface area (Å²) in [5, 5.41) is 0.495. The summed E-state index contributed by atoms with van der Waals surface area (Å²) in [6, 6.07) is 0. The number of aromatic nitrogens is 2. The van der Waals surface area contributed by atoms with Crippen LogP contribution in [-0.4, -0.2) is 14.5 Å². The Hall–Kier alpha value is -1.07. The van der Waals surface area contributed by atoms with Crippen LogP contribution in [0.15, 0.2) is 23.6 Å². The summed E-state index contributed by atoms with van der Waals surface area (Å²) in [6.45, 7) is 0. The highest BCUT2D eigenvalue weighted by Gasteiger charge is 2.19.